The number of amides is 1. The van der Waals surface area contributed by atoms with E-state index in [1.165, 1.54) is 41.2 Å². The Morgan fingerprint density at radius 2 is 1.96 bits per heavy atom. The van der Waals surface area contributed by atoms with Crippen molar-refractivity contribution in [2.24, 2.45) is 0 Å². The van der Waals surface area contributed by atoms with Crippen molar-refractivity contribution < 1.29 is 9.72 Å². The molecule has 0 saturated carbocycles. The number of hydrogen-bond acceptors (Lipinski definition) is 7. The zero-order valence-electron chi connectivity index (χ0n) is 13.8. The molecule has 10 heteroatoms. The summed E-state index contributed by atoms with van der Waals surface area (Å²) < 4.78 is 1.05. The molecule has 2 aromatic carbocycles. The lowest BCUT2D eigenvalue weighted by atomic mass is 10.2. The van der Waals surface area contributed by atoms with E-state index in [4.69, 9.17) is 0 Å². The molecule has 0 bridgehead atoms. The Hall–Kier alpha value is -2.30. The summed E-state index contributed by atoms with van der Waals surface area (Å²) in [7, 11) is 0. The van der Waals surface area contributed by atoms with Gasteiger partial charge in [0.15, 0.2) is 0 Å². The number of carbonyl (C=O) groups excluding carboxylic acids is 1. The highest BCUT2D eigenvalue weighted by molar-refractivity contribution is 9.10. The minimum atomic E-state index is -0.509. The summed E-state index contributed by atoms with van der Waals surface area (Å²) in [5.74, 6) is 1.16. The Labute approximate surface area is 171 Å². The van der Waals surface area contributed by atoms with Gasteiger partial charge in [0.05, 0.1) is 4.92 Å². The zero-order chi connectivity index (χ0) is 19.2. The number of nitro benzene ring substituents is 1. The Balaban J connectivity index is 1.52. The molecule has 0 radical (unpaired) electrons. The van der Waals surface area contributed by atoms with Crippen LogP contribution in [0.3, 0.4) is 0 Å². The maximum Gasteiger partial charge on any atom is 0.269 e. The minimum Gasteiger partial charge on any atom is -0.296 e. The normalized spacial score (nSPS) is 10.6. The smallest absolute Gasteiger partial charge is 0.269 e. The molecule has 1 N–H and O–H groups in total. The molecule has 138 valence electrons. The molecule has 7 nitrogen and oxygen atoms in total. The number of non-ortho nitro benzene ring substituents is 1. The molecule has 0 aliphatic carbocycles. The summed E-state index contributed by atoms with van der Waals surface area (Å²) in [5.41, 5.74) is 1.47. The number of benzene rings is 2. The van der Waals surface area contributed by atoms with Crippen LogP contribution in [0.15, 0.2) is 53.0 Å². The molecule has 3 rings (SSSR count). The van der Waals surface area contributed by atoms with Gasteiger partial charge in [0.2, 0.25) is 5.13 Å². The van der Waals surface area contributed by atoms with E-state index in [2.05, 4.69) is 43.6 Å². The minimum absolute atomic E-state index is 0.0628. The van der Waals surface area contributed by atoms with E-state index in [1.54, 1.807) is 11.8 Å². The van der Waals surface area contributed by atoms with Crippen molar-refractivity contribution in [3.05, 3.63) is 79.3 Å². The van der Waals surface area contributed by atoms with Crippen molar-refractivity contribution in [2.45, 2.75) is 11.5 Å². The number of nitrogens with one attached hydrogen (secondary N) is 1. The SMILES string of the molecule is O=C(Nc1nnc(CSCc2cccc(Br)c2)s1)c1ccc([N+](=O)[O-])cc1. The van der Waals surface area contributed by atoms with Gasteiger partial charge in [-0.3, -0.25) is 20.2 Å². The Morgan fingerprint density at radius 3 is 2.67 bits per heavy atom. The molecule has 1 amide bonds. The topological polar surface area (TPSA) is 98.0 Å². The monoisotopic (exact) mass is 464 g/mol. The van der Waals surface area contributed by atoms with E-state index >= 15 is 0 Å². The first-order chi connectivity index (χ1) is 13.0. The first-order valence-corrected chi connectivity index (χ1v) is 10.5. The first kappa shape index (κ1) is 19.5. The van der Waals surface area contributed by atoms with Gasteiger partial charge in [-0.15, -0.1) is 22.0 Å². The number of nitro groups is 1. The van der Waals surface area contributed by atoms with Crippen molar-refractivity contribution >= 4 is 55.8 Å². The van der Waals surface area contributed by atoms with E-state index in [0.717, 1.165) is 15.2 Å². The lowest BCUT2D eigenvalue weighted by Crippen LogP contribution is -2.11. The van der Waals surface area contributed by atoms with Crippen LogP contribution in [0.25, 0.3) is 0 Å². The van der Waals surface area contributed by atoms with Crippen molar-refractivity contribution in [1.29, 1.82) is 0 Å². The highest BCUT2D eigenvalue weighted by Crippen LogP contribution is 2.24. The van der Waals surface area contributed by atoms with Gasteiger partial charge in [-0.25, -0.2) is 0 Å². The summed E-state index contributed by atoms with van der Waals surface area (Å²) in [5, 5.41) is 22.6. The molecular weight excluding hydrogens is 452 g/mol. The molecule has 0 fully saturated rings. The predicted molar refractivity (Wildman–Crippen MR) is 110 cm³/mol. The molecule has 0 aliphatic heterocycles. The van der Waals surface area contributed by atoms with Gasteiger partial charge in [-0.1, -0.05) is 39.4 Å². The van der Waals surface area contributed by atoms with Gasteiger partial charge in [-0.05, 0) is 29.8 Å². The second-order valence-corrected chi connectivity index (χ2v) is 8.35. The highest BCUT2D eigenvalue weighted by atomic mass is 79.9. The molecular formula is C17H13BrN4O3S2. The number of halogens is 1. The molecule has 3 aromatic rings. The van der Waals surface area contributed by atoms with Crippen molar-refractivity contribution in [2.75, 3.05) is 5.32 Å². The zero-order valence-corrected chi connectivity index (χ0v) is 17.0. The Bertz CT molecular complexity index is 963. The fourth-order valence-corrected chi connectivity index (χ4v) is 4.36. The average Bonchev–Trinajstić information content (AvgIpc) is 3.09. The summed E-state index contributed by atoms with van der Waals surface area (Å²) in [4.78, 5) is 22.3. The molecule has 27 heavy (non-hydrogen) atoms. The largest absolute Gasteiger partial charge is 0.296 e. The molecule has 0 aliphatic rings. The van der Waals surface area contributed by atoms with Crippen LogP contribution in [0.4, 0.5) is 10.8 Å². The van der Waals surface area contributed by atoms with Crippen LogP contribution in [-0.2, 0) is 11.5 Å². The van der Waals surface area contributed by atoms with Crippen molar-refractivity contribution in [1.82, 2.24) is 10.2 Å². The number of anilines is 1. The van der Waals surface area contributed by atoms with Gasteiger partial charge in [0.1, 0.15) is 5.01 Å². The van der Waals surface area contributed by atoms with E-state index in [0.29, 0.717) is 16.4 Å². The molecule has 0 spiro atoms. The molecule has 1 heterocycles. The van der Waals surface area contributed by atoms with Crippen LogP contribution in [0.1, 0.15) is 20.9 Å². The molecule has 1 aromatic heterocycles. The standard InChI is InChI=1S/C17H13BrN4O3S2/c18-13-3-1-2-11(8-13)9-26-10-15-20-21-17(27-15)19-16(23)12-4-6-14(7-5-12)22(24)25/h1-8H,9-10H2,(H,19,21,23). The average molecular weight is 465 g/mol. The lowest BCUT2D eigenvalue weighted by Gasteiger charge is -2.01. The van der Waals surface area contributed by atoms with Gasteiger partial charge in [0, 0.05) is 33.7 Å². The maximum absolute atomic E-state index is 12.2. The number of hydrogen-bond donors (Lipinski definition) is 1. The number of rotatable bonds is 7. The fourth-order valence-electron chi connectivity index (χ4n) is 2.15. The van der Waals surface area contributed by atoms with Gasteiger partial charge in [0.25, 0.3) is 11.6 Å². The van der Waals surface area contributed by atoms with Crippen LogP contribution in [0.5, 0.6) is 0 Å². The van der Waals surface area contributed by atoms with Crippen LogP contribution in [0.2, 0.25) is 0 Å². The molecule has 0 unspecified atom stereocenters. The summed E-state index contributed by atoms with van der Waals surface area (Å²) in [6, 6.07) is 13.5. The number of thioether (sulfide) groups is 1. The first-order valence-electron chi connectivity index (χ1n) is 7.71. The van der Waals surface area contributed by atoms with Gasteiger partial charge in [-0.2, -0.15) is 0 Å². The number of aromatic nitrogens is 2. The van der Waals surface area contributed by atoms with Crippen LogP contribution in [0, 0.1) is 10.1 Å². The highest BCUT2D eigenvalue weighted by Gasteiger charge is 2.12. The summed E-state index contributed by atoms with van der Waals surface area (Å²) in [6.45, 7) is 0. The second-order valence-electron chi connectivity index (χ2n) is 5.38. The van der Waals surface area contributed by atoms with Crippen LogP contribution in [-0.4, -0.2) is 21.0 Å². The van der Waals surface area contributed by atoms with E-state index in [1.807, 2.05) is 12.1 Å². The van der Waals surface area contributed by atoms with E-state index < -0.39 is 4.92 Å². The third-order valence-corrected chi connectivity index (χ3v) is 5.94. The second kappa shape index (κ2) is 9.07. The fraction of sp³-hybridized carbons (Fsp3) is 0.118. The molecule has 0 saturated heterocycles. The summed E-state index contributed by atoms with van der Waals surface area (Å²) in [6.07, 6.45) is 0. The van der Waals surface area contributed by atoms with Gasteiger partial charge < -0.3 is 0 Å². The van der Waals surface area contributed by atoms with Gasteiger partial charge >= 0.3 is 0 Å². The van der Waals surface area contributed by atoms with Crippen LogP contribution >= 0.6 is 39.0 Å². The van der Waals surface area contributed by atoms with Crippen molar-refractivity contribution in [3.8, 4) is 0 Å². The lowest BCUT2D eigenvalue weighted by molar-refractivity contribution is -0.384. The number of nitrogens with zero attached hydrogens (tertiary/aromatic N) is 3. The Kier molecular flexibility index (Phi) is 6.54. The Morgan fingerprint density at radius 1 is 1.19 bits per heavy atom. The summed E-state index contributed by atoms with van der Waals surface area (Å²) >= 11 is 6.47. The predicted octanol–water partition coefficient (Wildman–Crippen LogP) is 4.89. The van der Waals surface area contributed by atoms with Crippen LogP contribution < -0.4 is 5.32 Å². The quantitative estimate of drug-likeness (QED) is 0.394. The van der Waals surface area contributed by atoms with E-state index in [9.17, 15) is 14.9 Å². The molecule has 0 atom stereocenters. The maximum atomic E-state index is 12.2. The van der Waals surface area contributed by atoms with Crippen molar-refractivity contribution in [3.63, 3.8) is 0 Å². The third-order valence-electron chi connectivity index (χ3n) is 3.41. The number of carbonyl (C=O) groups is 1. The third kappa shape index (κ3) is 5.59. The van der Waals surface area contributed by atoms with E-state index in [-0.39, 0.29) is 11.6 Å².